The van der Waals surface area contributed by atoms with Gasteiger partial charge in [0.25, 0.3) is 5.56 Å². The quantitative estimate of drug-likeness (QED) is 0.718. The number of esters is 1. The van der Waals surface area contributed by atoms with E-state index in [9.17, 15) is 9.59 Å². The van der Waals surface area contributed by atoms with Crippen molar-refractivity contribution in [3.8, 4) is 22.6 Å². The third kappa shape index (κ3) is 3.19. The molecule has 27 heavy (non-hydrogen) atoms. The monoisotopic (exact) mass is 362 g/mol. The summed E-state index contributed by atoms with van der Waals surface area (Å²) in [5, 5.41) is 7.85. The van der Waals surface area contributed by atoms with E-state index < -0.39 is 11.7 Å². The van der Waals surface area contributed by atoms with Crippen LogP contribution < -0.4 is 10.9 Å². The van der Waals surface area contributed by atoms with Crippen molar-refractivity contribution < 1.29 is 9.53 Å². The van der Waals surface area contributed by atoms with Gasteiger partial charge < -0.3 is 10.1 Å². The minimum absolute atomic E-state index is 0.0704. The normalized spacial score (nSPS) is 14.6. The SMILES string of the molecule is CCOC(=O)C[C@H]1Nc2ccccc2-c2nc(=O)c(-c3ccccc3)nn21. The molecule has 0 saturated heterocycles. The molecular formula is C20H18N4O3. The van der Waals surface area contributed by atoms with Crippen LogP contribution >= 0.6 is 0 Å². The standard InChI is InChI=1S/C20H18N4O3/c1-2-27-17(25)12-16-21-15-11-7-6-10-14(15)19-22-20(26)18(23-24(16)19)13-8-4-3-5-9-13/h3-11,16,21H,2,12H2,1H3/t16-/m0/s1. The molecular weight excluding hydrogens is 344 g/mol. The summed E-state index contributed by atoms with van der Waals surface area (Å²) < 4.78 is 6.68. The van der Waals surface area contributed by atoms with Gasteiger partial charge in [0.2, 0.25) is 0 Å². The number of rotatable bonds is 4. The fourth-order valence-corrected chi connectivity index (χ4v) is 3.14. The van der Waals surface area contributed by atoms with Crippen molar-refractivity contribution in [2.75, 3.05) is 11.9 Å². The number of carbonyl (C=O) groups is 1. The number of ether oxygens (including phenoxy) is 1. The second-order valence-electron chi connectivity index (χ2n) is 6.11. The van der Waals surface area contributed by atoms with Crippen molar-refractivity contribution in [2.45, 2.75) is 19.5 Å². The van der Waals surface area contributed by atoms with Crippen LogP contribution in [0.1, 0.15) is 19.5 Å². The highest BCUT2D eigenvalue weighted by Gasteiger charge is 2.28. The molecule has 7 heteroatoms. The zero-order valence-corrected chi connectivity index (χ0v) is 14.8. The highest BCUT2D eigenvalue weighted by atomic mass is 16.5. The van der Waals surface area contributed by atoms with Crippen molar-refractivity contribution in [3.63, 3.8) is 0 Å². The molecule has 0 amide bonds. The Bertz CT molecular complexity index is 1050. The summed E-state index contributed by atoms with van der Waals surface area (Å²) in [4.78, 5) is 29.0. The minimum Gasteiger partial charge on any atom is -0.466 e. The Hall–Kier alpha value is -3.48. The van der Waals surface area contributed by atoms with Gasteiger partial charge in [-0.15, -0.1) is 0 Å². The van der Waals surface area contributed by atoms with Gasteiger partial charge in [-0.3, -0.25) is 9.59 Å². The maximum atomic E-state index is 12.6. The lowest BCUT2D eigenvalue weighted by molar-refractivity contribution is -0.143. The Morgan fingerprint density at radius 2 is 1.89 bits per heavy atom. The number of para-hydroxylation sites is 1. The van der Waals surface area contributed by atoms with Gasteiger partial charge in [-0.05, 0) is 19.1 Å². The van der Waals surface area contributed by atoms with Crippen molar-refractivity contribution in [2.24, 2.45) is 0 Å². The maximum absolute atomic E-state index is 12.6. The van der Waals surface area contributed by atoms with Crippen molar-refractivity contribution in [1.29, 1.82) is 0 Å². The number of hydrogen-bond donors (Lipinski definition) is 1. The second-order valence-corrected chi connectivity index (χ2v) is 6.11. The van der Waals surface area contributed by atoms with Gasteiger partial charge in [0, 0.05) is 16.8 Å². The third-order valence-electron chi connectivity index (χ3n) is 4.33. The van der Waals surface area contributed by atoms with Gasteiger partial charge >= 0.3 is 5.97 Å². The van der Waals surface area contributed by atoms with Crippen molar-refractivity contribution in [3.05, 3.63) is 65.0 Å². The van der Waals surface area contributed by atoms with Crippen LogP contribution in [0.25, 0.3) is 22.6 Å². The van der Waals surface area contributed by atoms with E-state index >= 15 is 0 Å². The molecule has 4 rings (SSSR count). The number of nitrogens with one attached hydrogen (secondary N) is 1. The molecule has 7 nitrogen and oxygen atoms in total. The van der Waals surface area contributed by atoms with E-state index in [1.54, 1.807) is 11.6 Å². The van der Waals surface area contributed by atoms with E-state index in [2.05, 4.69) is 15.4 Å². The Morgan fingerprint density at radius 1 is 1.15 bits per heavy atom. The lowest BCUT2D eigenvalue weighted by atomic mass is 10.1. The maximum Gasteiger partial charge on any atom is 0.309 e. The number of anilines is 1. The summed E-state index contributed by atoms with van der Waals surface area (Å²) in [7, 11) is 0. The molecule has 1 aromatic heterocycles. The molecule has 2 heterocycles. The van der Waals surface area contributed by atoms with Crippen LogP contribution in [0.3, 0.4) is 0 Å². The largest absolute Gasteiger partial charge is 0.466 e. The van der Waals surface area contributed by atoms with Crippen LogP contribution in [0.4, 0.5) is 5.69 Å². The first-order valence-electron chi connectivity index (χ1n) is 8.75. The zero-order valence-electron chi connectivity index (χ0n) is 14.8. The first-order chi connectivity index (χ1) is 13.2. The van der Waals surface area contributed by atoms with Gasteiger partial charge in [-0.25, -0.2) is 4.68 Å². The molecule has 1 atom stereocenters. The molecule has 0 aliphatic carbocycles. The summed E-state index contributed by atoms with van der Waals surface area (Å²) in [6, 6.07) is 16.7. The summed E-state index contributed by atoms with van der Waals surface area (Å²) in [5.41, 5.74) is 2.09. The Morgan fingerprint density at radius 3 is 2.67 bits per heavy atom. The summed E-state index contributed by atoms with van der Waals surface area (Å²) in [6.07, 6.45) is -0.425. The molecule has 0 spiro atoms. The van der Waals surface area contributed by atoms with Gasteiger partial charge in [0.15, 0.2) is 11.5 Å². The van der Waals surface area contributed by atoms with E-state index in [1.807, 2.05) is 54.6 Å². The number of nitrogens with zero attached hydrogens (tertiary/aromatic N) is 3. The molecule has 2 aromatic carbocycles. The van der Waals surface area contributed by atoms with E-state index in [0.29, 0.717) is 18.0 Å². The molecule has 0 bridgehead atoms. The van der Waals surface area contributed by atoms with Crippen LogP contribution in [-0.2, 0) is 9.53 Å². The Labute approximate surface area is 155 Å². The van der Waals surface area contributed by atoms with Crippen molar-refractivity contribution in [1.82, 2.24) is 14.8 Å². The molecule has 0 radical (unpaired) electrons. The summed E-state index contributed by atoms with van der Waals surface area (Å²) in [6.45, 7) is 2.07. The van der Waals surface area contributed by atoms with E-state index in [1.165, 1.54) is 0 Å². The molecule has 136 valence electrons. The highest BCUT2D eigenvalue weighted by molar-refractivity contribution is 5.78. The van der Waals surface area contributed by atoms with Crippen LogP contribution in [0.15, 0.2) is 59.4 Å². The lowest BCUT2D eigenvalue weighted by Crippen LogP contribution is -2.33. The molecule has 0 fully saturated rings. The second kappa shape index (κ2) is 7.03. The number of fused-ring (bicyclic) bond motifs is 3. The van der Waals surface area contributed by atoms with E-state index in [-0.39, 0.29) is 18.1 Å². The average molecular weight is 362 g/mol. The molecule has 3 aromatic rings. The molecule has 1 N–H and O–H groups in total. The number of hydrogen-bond acceptors (Lipinski definition) is 6. The van der Waals surface area contributed by atoms with E-state index in [0.717, 1.165) is 11.3 Å². The lowest BCUT2D eigenvalue weighted by Gasteiger charge is -2.29. The van der Waals surface area contributed by atoms with Gasteiger partial charge in [-0.1, -0.05) is 42.5 Å². The molecule has 1 aliphatic rings. The van der Waals surface area contributed by atoms with Crippen LogP contribution in [0.2, 0.25) is 0 Å². The first kappa shape index (κ1) is 17.0. The fourth-order valence-electron chi connectivity index (χ4n) is 3.14. The highest BCUT2D eigenvalue weighted by Crippen LogP contribution is 2.35. The predicted molar refractivity (Wildman–Crippen MR) is 101 cm³/mol. The van der Waals surface area contributed by atoms with Gasteiger partial charge in [0.1, 0.15) is 6.17 Å². The summed E-state index contributed by atoms with van der Waals surface area (Å²) in [5.74, 6) is 0.0884. The van der Waals surface area contributed by atoms with Crippen LogP contribution in [0.5, 0.6) is 0 Å². The molecule has 0 unspecified atom stereocenters. The van der Waals surface area contributed by atoms with Gasteiger partial charge in [0.05, 0.1) is 13.0 Å². The summed E-state index contributed by atoms with van der Waals surface area (Å²) >= 11 is 0. The van der Waals surface area contributed by atoms with Crippen LogP contribution in [0, 0.1) is 0 Å². The number of carbonyl (C=O) groups excluding carboxylic acids is 1. The minimum atomic E-state index is -0.496. The number of aromatic nitrogens is 3. The fraction of sp³-hybridized carbons (Fsp3) is 0.200. The number of benzene rings is 2. The van der Waals surface area contributed by atoms with E-state index in [4.69, 9.17) is 4.74 Å². The van der Waals surface area contributed by atoms with Gasteiger partial charge in [-0.2, -0.15) is 10.1 Å². The smallest absolute Gasteiger partial charge is 0.309 e. The van der Waals surface area contributed by atoms with Crippen LogP contribution in [-0.4, -0.2) is 27.3 Å². The Kier molecular flexibility index (Phi) is 4.42. The topological polar surface area (TPSA) is 86.1 Å². The molecule has 1 aliphatic heterocycles. The van der Waals surface area contributed by atoms with Crippen molar-refractivity contribution >= 4 is 11.7 Å². The first-order valence-corrected chi connectivity index (χ1v) is 8.75. The average Bonchev–Trinajstić information content (AvgIpc) is 2.68. The predicted octanol–water partition coefficient (Wildman–Crippen LogP) is 2.85. The Balaban J connectivity index is 1.86. The molecule has 0 saturated carbocycles. The third-order valence-corrected chi connectivity index (χ3v) is 4.33. The zero-order chi connectivity index (χ0) is 18.8.